The quantitative estimate of drug-likeness (QED) is 0.361. The number of nitrogens with zero attached hydrogens (tertiary/aromatic N) is 1. The monoisotopic (exact) mass is 579 g/mol. The number of aliphatic hydroxyl groups is 1. The number of aliphatic hydroxyl groups excluding tert-OH is 1. The molecule has 0 aromatic heterocycles. The molecule has 5 rings (SSSR count). The summed E-state index contributed by atoms with van der Waals surface area (Å²) in [4.78, 5) is 44.2. The first-order valence-electron chi connectivity index (χ1n) is 14.7. The first kappa shape index (κ1) is 29.5. The first-order valence-corrected chi connectivity index (χ1v) is 15.5. The average molecular weight is 580 g/mol. The van der Waals surface area contributed by atoms with Crippen LogP contribution >= 0.6 is 11.8 Å². The van der Waals surface area contributed by atoms with Crippen LogP contribution in [-0.2, 0) is 14.4 Å². The topological polar surface area (TPSA) is 108 Å². The zero-order valence-electron chi connectivity index (χ0n) is 24.3. The number of rotatable bonds is 11. The van der Waals surface area contributed by atoms with Gasteiger partial charge in [0.15, 0.2) is 0 Å². The van der Waals surface area contributed by atoms with Gasteiger partial charge in [-0.05, 0) is 69.9 Å². The molecule has 3 N–H and O–H groups in total. The number of ether oxygens (including phenoxy) is 1. The Morgan fingerprint density at radius 2 is 1.80 bits per heavy atom. The molecule has 3 aliphatic heterocycles. The summed E-state index contributed by atoms with van der Waals surface area (Å²) in [6.07, 6.45) is 3.12. The number of carbonyl (C=O) groups excluding carboxylic acids is 3. The van der Waals surface area contributed by atoms with Gasteiger partial charge in [0, 0.05) is 16.5 Å². The second kappa shape index (κ2) is 11.7. The Labute approximate surface area is 246 Å². The number of hydrogen-bond donors (Lipinski definition) is 3. The summed E-state index contributed by atoms with van der Waals surface area (Å²) < 4.78 is 4.28. The van der Waals surface area contributed by atoms with Crippen LogP contribution in [0.2, 0.25) is 0 Å². The van der Waals surface area contributed by atoms with E-state index in [1.165, 1.54) is 0 Å². The van der Waals surface area contributed by atoms with Crippen LogP contribution in [-0.4, -0.2) is 62.5 Å². The highest BCUT2D eigenvalue weighted by atomic mass is 32.2. The molecule has 2 aromatic rings. The molecule has 3 saturated heterocycles. The van der Waals surface area contributed by atoms with E-state index in [0.29, 0.717) is 18.7 Å². The van der Waals surface area contributed by atoms with Crippen LogP contribution in [0.3, 0.4) is 0 Å². The van der Waals surface area contributed by atoms with E-state index in [4.69, 9.17) is 4.74 Å². The van der Waals surface area contributed by atoms with Gasteiger partial charge >= 0.3 is 0 Å². The zero-order valence-corrected chi connectivity index (χ0v) is 25.1. The van der Waals surface area contributed by atoms with Crippen molar-refractivity contribution in [3.63, 3.8) is 0 Å². The molecule has 3 amide bonds. The van der Waals surface area contributed by atoms with Crippen molar-refractivity contribution in [2.24, 2.45) is 11.8 Å². The fourth-order valence-corrected chi connectivity index (χ4v) is 9.62. The van der Waals surface area contributed by atoms with E-state index in [0.717, 1.165) is 30.6 Å². The number of fused-ring (bicyclic) bond motifs is 1. The molecule has 3 aliphatic rings. The molecule has 3 fully saturated rings. The van der Waals surface area contributed by atoms with Crippen molar-refractivity contribution in [2.45, 2.75) is 81.0 Å². The highest BCUT2D eigenvalue weighted by molar-refractivity contribution is 8.02. The highest BCUT2D eigenvalue weighted by Crippen LogP contribution is 2.72. The van der Waals surface area contributed by atoms with Crippen molar-refractivity contribution in [3.05, 3.63) is 60.2 Å². The van der Waals surface area contributed by atoms with Crippen LogP contribution in [0.5, 0.6) is 5.75 Å². The Kier molecular flexibility index (Phi) is 8.39. The van der Waals surface area contributed by atoms with Crippen molar-refractivity contribution >= 4 is 35.2 Å². The van der Waals surface area contributed by atoms with Crippen LogP contribution in [0.1, 0.15) is 65.0 Å². The zero-order chi connectivity index (χ0) is 29.4. The minimum Gasteiger partial charge on any atom is -0.494 e. The van der Waals surface area contributed by atoms with E-state index >= 15 is 0 Å². The number of amides is 3. The fourth-order valence-electron chi connectivity index (χ4n) is 7.28. The van der Waals surface area contributed by atoms with Crippen molar-refractivity contribution in [1.82, 2.24) is 10.2 Å². The third-order valence-corrected chi connectivity index (χ3v) is 11.0. The van der Waals surface area contributed by atoms with E-state index in [1.807, 2.05) is 56.3 Å². The molecule has 3 unspecified atom stereocenters. The molecule has 2 bridgehead atoms. The van der Waals surface area contributed by atoms with E-state index in [9.17, 15) is 19.5 Å². The maximum absolute atomic E-state index is 14.5. The van der Waals surface area contributed by atoms with Crippen molar-refractivity contribution in [3.8, 4) is 5.75 Å². The molecule has 7 atom stereocenters. The van der Waals surface area contributed by atoms with Gasteiger partial charge < -0.3 is 25.4 Å². The Bertz CT molecular complexity index is 1270. The largest absolute Gasteiger partial charge is 0.494 e. The lowest BCUT2D eigenvalue weighted by molar-refractivity contribution is -0.142. The SMILES string of the molecule is CCCC(C)NC(=O)C1N([C@H](CO)c2ccccc2)C(=O)[C@@H]2[C@H](C(=O)Nc3ccc(OCC)cc3)[C@]3(C)CCC12S3. The molecule has 0 aliphatic carbocycles. The van der Waals surface area contributed by atoms with E-state index < -0.39 is 33.4 Å². The number of nitrogens with one attached hydrogen (secondary N) is 2. The Hall–Kier alpha value is -3.04. The molecule has 1 spiro atoms. The van der Waals surface area contributed by atoms with Gasteiger partial charge in [0.2, 0.25) is 17.7 Å². The molecule has 220 valence electrons. The molecule has 8 nitrogen and oxygen atoms in total. The van der Waals surface area contributed by atoms with E-state index in [1.54, 1.807) is 28.8 Å². The van der Waals surface area contributed by atoms with Gasteiger partial charge in [-0.3, -0.25) is 14.4 Å². The molecule has 41 heavy (non-hydrogen) atoms. The molecule has 9 heteroatoms. The van der Waals surface area contributed by atoms with Gasteiger partial charge in [0.1, 0.15) is 11.8 Å². The minimum atomic E-state index is -0.799. The lowest BCUT2D eigenvalue weighted by Crippen LogP contribution is -2.56. The second-order valence-corrected chi connectivity index (χ2v) is 13.6. The summed E-state index contributed by atoms with van der Waals surface area (Å²) in [5.41, 5.74) is 1.40. The molecule has 0 saturated carbocycles. The number of likely N-dealkylation sites (tertiary alicyclic amines) is 1. The summed E-state index contributed by atoms with van der Waals surface area (Å²) in [6, 6.07) is 15.0. The van der Waals surface area contributed by atoms with E-state index in [2.05, 4.69) is 24.5 Å². The summed E-state index contributed by atoms with van der Waals surface area (Å²) in [6.45, 7) is 8.25. The maximum Gasteiger partial charge on any atom is 0.244 e. The fraction of sp³-hybridized carbons (Fsp3) is 0.531. The van der Waals surface area contributed by atoms with Crippen molar-refractivity contribution in [1.29, 1.82) is 0 Å². The van der Waals surface area contributed by atoms with Crippen LogP contribution in [0.25, 0.3) is 0 Å². The molecule has 3 heterocycles. The number of anilines is 1. The third-order valence-electron chi connectivity index (χ3n) is 8.98. The lowest BCUT2D eigenvalue weighted by atomic mass is 9.66. The summed E-state index contributed by atoms with van der Waals surface area (Å²) in [7, 11) is 0. The van der Waals surface area contributed by atoms with Crippen molar-refractivity contribution in [2.75, 3.05) is 18.5 Å². The van der Waals surface area contributed by atoms with Gasteiger partial charge in [0.05, 0.1) is 35.8 Å². The molecule has 2 aromatic carbocycles. The Morgan fingerprint density at radius 3 is 2.44 bits per heavy atom. The van der Waals surface area contributed by atoms with E-state index in [-0.39, 0.29) is 30.4 Å². The predicted octanol–water partition coefficient (Wildman–Crippen LogP) is 4.54. The predicted molar refractivity (Wildman–Crippen MR) is 161 cm³/mol. The van der Waals surface area contributed by atoms with Crippen LogP contribution in [0.15, 0.2) is 54.6 Å². The normalized spacial score (nSPS) is 29.6. The lowest BCUT2D eigenvalue weighted by Gasteiger charge is -2.37. The summed E-state index contributed by atoms with van der Waals surface area (Å²) in [5.74, 6) is -1.24. The number of benzene rings is 2. The van der Waals surface area contributed by atoms with Gasteiger partial charge in [-0.1, -0.05) is 43.7 Å². The van der Waals surface area contributed by atoms with Crippen LogP contribution in [0.4, 0.5) is 5.69 Å². The second-order valence-electron chi connectivity index (χ2n) is 11.7. The Balaban J connectivity index is 1.52. The first-order chi connectivity index (χ1) is 19.7. The van der Waals surface area contributed by atoms with Gasteiger partial charge in [-0.25, -0.2) is 0 Å². The number of carbonyl (C=O) groups is 3. The average Bonchev–Trinajstić information content (AvgIpc) is 3.52. The van der Waals surface area contributed by atoms with Gasteiger partial charge in [0.25, 0.3) is 0 Å². The van der Waals surface area contributed by atoms with Gasteiger partial charge in [-0.15, -0.1) is 11.8 Å². The van der Waals surface area contributed by atoms with Gasteiger partial charge in [-0.2, -0.15) is 0 Å². The smallest absolute Gasteiger partial charge is 0.244 e. The summed E-state index contributed by atoms with van der Waals surface area (Å²) >= 11 is 1.63. The molecule has 0 radical (unpaired) electrons. The highest BCUT2D eigenvalue weighted by Gasteiger charge is 2.77. The number of thioether (sulfide) groups is 1. The van der Waals surface area contributed by atoms with Crippen LogP contribution < -0.4 is 15.4 Å². The standard InChI is InChI=1S/C32H41N3O5S/c1-5-10-20(3)33-29(38)27-32-18-17-31(4,41-32)25(28(37)34-22-13-15-23(16-14-22)40-6-2)26(32)30(39)35(27)24(19-36)21-11-8-7-9-12-21/h7-9,11-16,20,24-27,36H,5-6,10,17-19H2,1-4H3,(H,33,38)(H,34,37)/t20?,24-,25-,26+,27?,31+,32?/m1/s1. The molecular formula is C32H41N3O5S. The number of hydrogen-bond acceptors (Lipinski definition) is 6. The van der Waals surface area contributed by atoms with Crippen LogP contribution in [0, 0.1) is 11.8 Å². The molecular weight excluding hydrogens is 538 g/mol. The van der Waals surface area contributed by atoms with Crippen molar-refractivity contribution < 1.29 is 24.2 Å². The summed E-state index contributed by atoms with van der Waals surface area (Å²) in [5, 5.41) is 16.8. The minimum absolute atomic E-state index is 0.0536. The third kappa shape index (κ3) is 5.12. The Morgan fingerprint density at radius 1 is 1.10 bits per heavy atom. The maximum atomic E-state index is 14.5.